The van der Waals surface area contributed by atoms with Gasteiger partial charge in [-0.3, -0.25) is 4.79 Å². The molecule has 0 saturated heterocycles. The zero-order chi connectivity index (χ0) is 9.57. The third-order valence-corrected chi connectivity index (χ3v) is 3.44. The Morgan fingerprint density at radius 1 is 1.58 bits per heavy atom. The maximum atomic E-state index is 10.4. The van der Waals surface area contributed by atoms with Gasteiger partial charge in [0.25, 0.3) is 0 Å². The van der Waals surface area contributed by atoms with E-state index in [-0.39, 0.29) is 23.3 Å². The van der Waals surface area contributed by atoms with Crippen molar-refractivity contribution in [3.63, 3.8) is 0 Å². The van der Waals surface area contributed by atoms with E-state index in [0.717, 1.165) is 6.42 Å². The van der Waals surface area contributed by atoms with E-state index in [1.165, 1.54) is 0 Å². The maximum Gasteiger partial charge on any atom is 0.304 e. The van der Waals surface area contributed by atoms with Crippen LogP contribution < -0.4 is 5.73 Å². The summed E-state index contributed by atoms with van der Waals surface area (Å²) in [6.45, 7) is 6.34. The molecule has 0 amide bonds. The first-order valence-corrected chi connectivity index (χ1v) is 4.27. The zero-order valence-corrected chi connectivity index (χ0v) is 7.92. The Balaban J connectivity index is 2.55. The summed E-state index contributed by atoms with van der Waals surface area (Å²) in [7, 11) is 0. The Morgan fingerprint density at radius 3 is 2.25 bits per heavy atom. The molecule has 12 heavy (non-hydrogen) atoms. The summed E-state index contributed by atoms with van der Waals surface area (Å²) in [6.07, 6.45) is 1.12. The Kier molecular flexibility index (Phi) is 1.95. The van der Waals surface area contributed by atoms with Gasteiger partial charge in [-0.25, -0.2) is 0 Å². The number of hydrogen-bond donors (Lipinski definition) is 2. The minimum absolute atomic E-state index is 0.0331. The van der Waals surface area contributed by atoms with Gasteiger partial charge in [0.15, 0.2) is 0 Å². The highest BCUT2D eigenvalue weighted by Crippen LogP contribution is 2.64. The van der Waals surface area contributed by atoms with Gasteiger partial charge in [0.2, 0.25) is 0 Å². The summed E-state index contributed by atoms with van der Waals surface area (Å²) in [5.74, 6) is -0.800. The van der Waals surface area contributed by atoms with Crippen LogP contribution in [0.3, 0.4) is 0 Å². The van der Waals surface area contributed by atoms with Gasteiger partial charge in [0.05, 0.1) is 6.42 Å². The minimum Gasteiger partial charge on any atom is -0.481 e. The standard InChI is InChI=1S/C9H17NO2/c1-8(2)5-9(8,3)6(10)4-7(11)12/h6H,4-5,10H2,1-3H3,(H,11,12). The van der Waals surface area contributed by atoms with Crippen molar-refractivity contribution in [1.82, 2.24) is 0 Å². The molecule has 1 aliphatic rings. The first-order valence-electron chi connectivity index (χ1n) is 4.27. The van der Waals surface area contributed by atoms with Gasteiger partial charge in [-0.15, -0.1) is 0 Å². The Labute approximate surface area is 72.9 Å². The van der Waals surface area contributed by atoms with E-state index < -0.39 is 5.97 Å². The van der Waals surface area contributed by atoms with Gasteiger partial charge < -0.3 is 10.8 Å². The van der Waals surface area contributed by atoms with Gasteiger partial charge in [0.1, 0.15) is 0 Å². The number of carboxylic acids is 1. The van der Waals surface area contributed by atoms with Crippen molar-refractivity contribution in [2.45, 2.75) is 39.7 Å². The molecule has 0 spiro atoms. The van der Waals surface area contributed by atoms with E-state index in [4.69, 9.17) is 10.8 Å². The summed E-state index contributed by atoms with van der Waals surface area (Å²) < 4.78 is 0. The molecule has 0 aromatic heterocycles. The van der Waals surface area contributed by atoms with Gasteiger partial charge >= 0.3 is 5.97 Å². The lowest BCUT2D eigenvalue weighted by Crippen LogP contribution is -2.34. The highest BCUT2D eigenvalue weighted by molar-refractivity contribution is 5.67. The summed E-state index contributed by atoms with van der Waals surface area (Å²) in [5, 5.41) is 8.57. The number of rotatable bonds is 3. The van der Waals surface area contributed by atoms with Crippen molar-refractivity contribution < 1.29 is 9.90 Å². The second-order valence-corrected chi connectivity index (χ2v) is 4.68. The molecule has 0 bridgehead atoms. The number of nitrogens with two attached hydrogens (primary N) is 1. The fourth-order valence-corrected chi connectivity index (χ4v) is 1.92. The molecule has 0 aromatic rings. The van der Waals surface area contributed by atoms with Gasteiger partial charge in [-0.2, -0.15) is 0 Å². The fraction of sp³-hybridized carbons (Fsp3) is 0.889. The Hall–Kier alpha value is -0.570. The first-order chi connectivity index (χ1) is 5.29. The molecule has 1 aliphatic carbocycles. The Bertz CT molecular complexity index is 213. The topological polar surface area (TPSA) is 63.3 Å². The van der Waals surface area contributed by atoms with E-state index in [1.807, 2.05) is 0 Å². The lowest BCUT2D eigenvalue weighted by Gasteiger charge is -2.21. The lowest BCUT2D eigenvalue weighted by molar-refractivity contribution is -0.137. The van der Waals surface area contributed by atoms with Crippen LogP contribution in [0.15, 0.2) is 0 Å². The lowest BCUT2D eigenvalue weighted by atomic mass is 9.89. The summed E-state index contributed by atoms with van der Waals surface area (Å²) in [6, 6.07) is -0.204. The van der Waals surface area contributed by atoms with Crippen LogP contribution >= 0.6 is 0 Å². The monoisotopic (exact) mass is 171 g/mol. The molecular weight excluding hydrogens is 154 g/mol. The quantitative estimate of drug-likeness (QED) is 0.671. The van der Waals surface area contributed by atoms with Crippen molar-refractivity contribution in [1.29, 1.82) is 0 Å². The predicted octanol–water partition coefficient (Wildman–Crippen LogP) is 1.22. The average molecular weight is 171 g/mol. The van der Waals surface area contributed by atoms with Crippen LogP contribution in [0.1, 0.15) is 33.6 Å². The minimum atomic E-state index is -0.800. The van der Waals surface area contributed by atoms with Crippen molar-refractivity contribution in [3.05, 3.63) is 0 Å². The van der Waals surface area contributed by atoms with Crippen LogP contribution in [0.2, 0.25) is 0 Å². The van der Waals surface area contributed by atoms with Crippen LogP contribution in [-0.4, -0.2) is 17.1 Å². The molecule has 3 N–H and O–H groups in total. The number of hydrogen-bond acceptors (Lipinski definition) is 2. The van der Waals surface area contributed by atoms with Gasteiger partial charge in [-0.1, -0.05) is 20.8 Å². The molecule has 2 atom stereocenters. The van der Waals surface area contributed by atoms with Crippen LogP contribution in [0.5, 0.6) is 0 Å². The first kappa shape index (κ1) is 9.52. The van der Waals surface area contributed by atoms with Crippen molar-refractivity contribution in [2.24, 2.45) is 16.6 Å². The predicted molar refractivity (Wildman–Crippen MR) is 46.7 cm³/mol. The highest BCUT2D eigenvalue weighted by atomic mass is 16.4. The average Bonchev–Trinajstić information content (AvgIpc) is 2.32. The summed E-state index contributed by atoms with van der Waals surface area (Å²) in [4.78, 5) is 10.4. The Morgan fingerprint density at radius 2 is 2.00 bits per heavy atom. The molecule has 0 radical (unpaired) electrons. The molecule has 0 aliphatic heterocycles. The van der Waals surface area contributed by atoms with E-state index in [2.05, 4.69) is 20.8 Å². The van der Waals surface area contributed by atoms with Crippen LogP contribution in [0.25, 0.3) is 0 Å². The van der Waals surface area contributed by atoms with Crippen molar-refractivity contribution >= 4 is 5.97 Å². The van der Waals surface area contributed by atoms with Crippen LogP contribution in [0, 0.1) is 10.8 Å². The largest absolute Gasteiger partial charge is 0.481 e. The number of carbonyl (C=O) groups is 1. The third kappa shape index (κ3) is 1.33. The highest BCUT2D eigenvalue weighted by Gasteiger charge is 2.60. The van der Waals surface area contributed by atoms with E-state index >= 15 is 0 Å². The van der Waals surface area contributed by atoms with Crippen LogP contribution in [-0.2, 0) is 4.79 Å². The molecule has 1 saturated carbocycles. The van der Waals surface area contributed by atoms with E-state index in [9.17, 15) is 4.79 Å². The normalized spacial score (nSPS) is 34.3. The molecule has 3 heteroatoms. The van der Waals surface area contributed by atoms with Gasteiger partial charge in [-0.05, 0) is 17.3 Å². The molecule has 1 fully saturated rings. The number of aliphatic carboxylic acids is 1. The molecule has 1 rings (SSSR count). The second kappa shape index (κ2) is 2.46. The molecule has 0 aromatic carbocycles. The molecule has 2 unspecified atom stereocenters. The molecular formula is C9H17NO2. The van der Waals surface area contributed by atoms with Crippen molar-refractivity contribution in [3.8, 4) is 0 Å². The van der Waals surface area contributed by atoms with Gasteiger partial charge in [0, 0.05) is 6.04 Å². The number of carboxylic acid groups (broad SMARTS) is 1. The summed E-state index contributed by atoms with van der Waals surface area (Å²) in [5.41, 5.74) is 6.07. The fourth-order valence-electron chi connectivity index (χ4n) is 1.92. The third-order valence-electron chi connectivity index (χ3n) is 3.44. The molecule has 3 nitrogen and oxygen atoms in total. The molecule has 0 heterocycles. The SMILES string of the molecule is CC1(C)CC1(C)C(N)CC(=O)O. The van der Waals surface area contributed by atoms with Crippen LogP contribution in [0.4, 0.5) is 0 Å². The summed E-state index contributed by atoms with van der Waals surface area (Å²) >= 11 is 0. The van der Waals surface area contributed by atoms with Crippen molar-refractivity contribution in [2.75, 3.05) is 0 Å². The zero-order valence-electron chi connectivity index (χ0n) is 7.92. The second-order valence-electron chi connectivity index (χ2n) is 4.68. The van der Waals surface area contributed by atoms with E-state index in [0.29, 0.717) is 0 Å². The molecule has 70 valence electrons. The maximum absolute atomic E-state index is 10.4. The smallest absolute Gasteiger partial charge is 0.304 e. The van der Waals surface area contributed by atoms with E-state index in [1.54, 1.807) is 0 Å².